The lowest BCUT2D eigenvalue weighted by atomic mass is 10.2. The molecular formula is C17H28N2O3S. The van der Waals surface area contributed by atoms with Crippen molar-refractivity contribution in [2.45, 2.75) is 52.7 Å². The van der Waals surface area contributed by atoms with Crippen LogP contribution in [-0.2, 0) is 21.4 Å². The van der Waals surface area contributed by atoms with Crippen LogP contribution in [0.4, 0.5) is 0 Å². The van der Waals surface area contributed by atoms with E-state index in [-0.39, 0.29) is 24.5 Å². The molecule has 0 aliphatic rings. The summed E-state index contributed by atoms with van der Waals surface area (Å²) in [6.07, 6.45) is 1.82. The Morgan fingerprint density at radius 1 is 1.13 bits per heavy atom. The molecular weight excluding hydrogens is 312 g/mol. The van der Waals surface area contributed by atoms with Gasteiger partial charge in [0, 0.05) is 18.6 Å². The monoisotopic (exact) mass is 340 g/mol. The Kier molecular flexibility index (Phi) is 7.22. The number of amides is 1. The first kappa shape index (κ1) is 19.6. The molecule has 0 saturated heterocycles. The number of benzene rings is 1. The lowest BCUT2D eigenvalue weighted by molar-refractivity contribution is -0.134. The molecule has 0 aliphatic carbocycles. The summed E-state index contributed by atoms with van der Waals surface area (Å²) >= 11 is 0. The zero-order valence-corrected chi connectivity index (χ0v) is 15.5. The van der Waals surface area contributed by atoms with E-state index in [0.29, 0.717) is 13.0 Å². The number of hydrogen-bond donors (Lipinski definition) is 0. The lowest BCUT2D eigenvalue weighted by Gasteiger charge is -2.31. The maximum Gasteiger partial charge on any atom is 0.238 e. The molecule has 1 rings (SSSR count). The van der Waals surface area contributed by atoms with Crippen LogP contribution >= 0.6 is 0 Å². The van der Waals surface area contributed by atoms with Crippen molar-refractivity contribution in [3.63, 3.8) is 0 Å². The van der Waals surface area contributed by atoms with Crippen molar-refractivity contribution < 1.29 is 13.2 Å². The molecule has 5 nitrogen and oxygen atoms in total. The second-order valence-electron chi connectivity index (χ2n) is 6.17. The average Bonchev–Trinajstić information content (AvgIpc) is 2.48. The van der Waals surface area contributed by atoms with Crippen LogP contribution in [0.2, 0.25) is 0 Å². The average molecular weight is 340 g/mol. The molecule has 1 atom stereocenters. The van der Waals surface area contributed by atoms with Gasteiger partial charge in [-0.3, -0.25) is 4.79 Å². The minimum absolute atomic E-state index is 0.000971. The van der Waals surface area contributed by atoms with Crippen LogP contribution in [0, 0.1) is 0 Å². The quantitative estimate of drug-likeness (QED) is 0.730. The number of rotatable bonds is 8. The molecule has 0 N–H and O–H groups in total. The maximum atomic E-state index is 12.7. The Hall–Kier alpha value is -1.40. The van der Waals surface area contributed by atoms with Crippen molar-refractivity contribution in [2.24, 2.45) is 0 Å². The van der Waals surface area contributed by atoms with Crippen LogP contribution in [0.3, 0.4) is 0 Å². The maximum absolute atomic E-state index is 12.7. The van der Waals surface area contributed by atoms with Crippen LogP contribution in [0.25, 0.3) is 0 Å². The molecule has 0 radical (unpaired) electrons. The summed E-state index contributed by atoms with van der Waals surface area (Å²) in [4.78, 5) is 14.4. The third-order valence-electron chi connectivity index (χ3n) is 3.94. The number of nitrogens with zero attached hydrogens (tertiary/aromatic N) is 2. The van der Waals surface area contributed by atoms with E-state index in [1.807, 2.05) is 58.0 Å². The molecule has 1 unspecified atom stereocenters. The fraction of sp³-hybridized carbons (Fsp3) is 0.588. The van der Waals surface area contributed by atoms with Crippen LogP contribution in [-0.4, -0.2) is 48.4 Å². The largest absolute Gasteiger partial charge is 0.335 e. The van der Waals surface area contributed by atoms with Gasteiger partial charge in [-0.15, -0.1) is 0 Å². The molecule has 130 valence electrons. The fourth-order valence-corrected chi connectivity index (χ4v) is 3.51. The van der Waals surface area contributed by atoms with Gasteiger partial charge < -0.3 is 4.90 Å². The predicted octanol–water partition coefficient (Wildman–Crippen LogP) is 2.48. The molecule has 0 bridgehead atoms. The van der Waals surface area contributed by atoms with Crippen molar-refractivity contribution in [3.05, 3.63) is 35.9 Å². The van der Waals surface area contributed by atoms with Crippen molar-refractivity contribution in [1.82, 2.24) is 9.21 Å². The summed E-state index contributed by atoms with van der Waals surface area (Å²) in [7, 11) is -3.42. The molecule has 0 spiro atoms. The zero-order valence-electron chi connectivity index (χ0n) is 14.7. The van der Waals surface area contributed by atoms with E-state index in [2.05, 4.69) is 0 Å². The van der Waals surface area contributed by atoms with E-state index in [4.69, 9.17) is 0 Å². The summed E-state index contributed by atoms with van der Waals surface area (Å²) in [5, 5.41) is 0. The number of carbonyl (C=O) groups is 1. The number of sulfonamides is 1. The van der Waals surface area contributed by atoms with Crippen molar-refractivity contribution >= 4 is 15.9 Å². The summed E-state index contributed by atoms with van der Waals surface area (Å²) in [5.74, 6) is -0.172. The van der Waals surface area contributed by atoms with Gasteiger partial charge in [0.15, 0.2) is 0 Å². The van der Waals surface area contributed by atoms with Crippen molar-refractivity contribution in [1.29, 1.82) is 0 Å². The third-order valence-corrected chi connectivity index (χ3v) is 5.28. The Morgan fingerprint density at radius 2 is 1.70 bits per heavy atom. The minimum atomic E-state index is -3.42. The predicted molar refractivity (Wildman–Crippen MR) is 93.4 cm³/mol. The summed E-state index contributed by atoms with van der Waals surface area (Å²) in [5.41, 5.74) is 1.03. The molecule has 1 amide bonds. The van der Waals surface area contributed by atoms with Gasteiger partial charge >= 0.3 is 0 Å². The number of carbonyl (C=O) groups excluding carboxylic acids is 1. The number of hydrogen-bond acceptors (Lipinski definition) is 3. The van der Waals surface area contributed by atoms with E-state index >= 15 is 0 Å². The minimum Gasteiger partial charge on any atom is -0.335 e. The van der Waals surface area contributed by atoms with Crippen LogP contribution < -0.4 is 0 Å². The first-order valence-corrected chi connectivity index (χ1v) is 9.81. The fourth-order valence-electron chi connectivity index (χ4n) is 2.37. The molecule has 6 heteroatoms. The van der Waals surface area contributed by atoms with E-state index in [0.717, 1.165) is 11.8 Å². The second-order valence-corrected chi connectivity index (χ2v) is 8.10. The zero-order chi connectivity index (χ0) is 17.6. The Morgan fingerprint density at radius 3 is 2.13 bits per heavy atom. The van der Waals surface area contributed by atoms with Gasteiger partial charge in [-0.25, -0.2) is 8.42 Å². The highest BCUT2D eigenvalue weighted by Gasteiger charge is 2.28. The van der Waals surface area contributed by atoms with E-state index in [9.17, 15) is 13.2 Å². The SMILES string of the molecule is CCC(C)N(CC(=O)N(Cc1ccccc1)C(C)C)S(C)(=O)=O. The Labute approximate surface area is 140 Å². The van der Waals surface area contributed by atoms with E-state index < -0.39 is 10.0 Å². The van der Waals surface area contributed by atoms with Gasteiger partial charge in [-0.1, -0.05) is 37.3 Å². The second kappa shape index (κ2) is 8.45. The lowest BCUT2D eigenvalue weighted by Crippen LogP contribution is -2.47. The highest BCUT2D eigenvalue weighted by molar-refractivity contribution is 7.88. The molecule has 0 saturated carbocycles. The van der Waals surface area contributed by atoms with Crippen LogP contribution in [0.5, 0.6) is 0 Å². The van der Waals surface area contributed by atoms with Gasteiger partial charge in [-0.2, -0.15) is 4.31 Å². The summed E-state index contributed by atoms with van der Waals surface area (Å²) < 4.78 is 25.2. The Bertz CT molecular complexity index is 600. The summed E-state index contributed by atoms with van der Waals surface area (Å²) in [6.45, 7) is 7.99. The van der Waals surface area contributed by atoms with Crippen LogP contribution in [0.1, 0.15) is 39.7 Å². The van der Waals surface area contributed by atoms with Crippen LogP contribution in [0.15, 0.2) is 30.3 Å². The highest BCUT2D eigenvalue weighted by Crippen LogP contribution is 2.13. The molecule has 0 fully saturated rings. The molecule has 1 aromatic carbocycles. The van der Waals surface area contributed by atoms with E-state index in [1.165, 1.54) is 4.31 Å². The molecule has 0 heterocycles. The first-order chi connectivity index (χ1) is 10.7. The van der Waals surface area contributed by atoms with Gasteiger partial charge in [0.05, 0.1) is 12.8 Å². The van der Waals surface area contributed by atoms with Crippen molar-refractivity contribution in [3.8, 4) is 0 Å². The summed E-state index contributed by atoms with van der Waals surface area (Å²) in [6, 6.07) is 9.53. The standard InChI is InChI=1S/C17H28N2O3S/c1-6-15(4)19(23(5,21)22)13-17(20)18(14(2)3)12-16-10-8-7-9-11-16/h7-11,14-15H,6,12-13H2,1-5H3. The molecule has 0 aromatic heterocycles. The van der Waals surface area contributed by atoms with Gasteiger partial charge in [0.2, 0.25) is 15.9 Å². The van der Waals surface area contributed by atoms with E-state index in [1.54, 1.807) is 4.90 Å². The van der Waals surface area contributed by atoms with Crippen molar-refractivity contribution in [2.75, 3.05) is 12.8 Å². The first-order valence-electron chi connectivity index (χ1n) is 7.97. The molecule has 1 aromatic rings. The highest BCUT2D eigenvalue weighted by atomic mass is 32.2. The van der Waals surface area contributed by atoms with Gasteiger partial charge in [0.25, 0.3) is 0 Å². The Balaban J connectivity index is 2.93. The van der Waals surface area contributed by atoms with Gasteiger partial charge in [-0.05, 0) is 32.8 Å². The molecule has 0 aliphatic heterocycles. The topological polar surface area (TPSA) is 57.7 Å². The third kappa shape index (κ3) is 5.95. The molecule has 23 heavy (non-hydrogen) atoms. The van der Waals surface area contributed by atoms with Gasteiger partial charge in [0.1, 0.15) is 0 Å². The normalized spacial score (nSPS) is 13.3. The smallest absolute Gasteiger partial charge is 0.238 e.